The van der Waals surface area contributed by atoms with Gasteiger partial charge in [0.05, 0.1) is 6.61 Å². The molecule has 0 aromatic carbocycles. The standard InChI is InChI=1S/C9H12N4O2/c1-3-5-14-8-11-7(10)12-9(13-8)15-6-4-2/h1H,4-6H2,2H3,(H2,10,11,12,13). The highest BCUT2D eigenvalue weighted by Gasteiger charge is 2.05. The Balaban J connectivity index is 2.71. The molecule has 1 aromatic heterocycles. The van der Waals surface area contributed by atoms with Gasteiger partial charge in [-0.3, -0.25) is 0 Å². The molecule has 0 saturated heterocycles. The summed E-state index contributed by atoms with van der Waals surface area (Å²) in [5.74, 6) is 2.34. The van der Waals surface area contributed by atoms with Crippen molar-refractivity contribution in [3.05, 3.63) is 0 Å². The first kappa shape index (κ1) is 11.0. The van der Waals surface area contributed by atoms with E-state index in [1.165, 1.54) is 0 Å². The molecule has 0 aliphatic rings. The van der Waals surface area contributed by atoms with E-state index in [1.54, 1.807) is 0 Å². The van der Waals surface area contributed by atoms with E-state index in [0.29, 0.717) is 6.61 Å². The number of hydrogen-bond acceptors (Lipinski definition) is 6. The second-order valence-electron chi connectivity index (χ2n) is 2.60. The van der Waals surface area contributed by atoms with Gasteiger partial charge >= 0.3 is 12.0 Å². The highest BCUT2D eigenvalue weighted by Crippen LogP contribution is 2.10. The van der Waals surface area contributed by atoms with Gasteiger partial charge < -0.3 is 15.2 Å². The number of aromatic nitrogens is 3. The van der Waals surface area contributed by atoms with Gasteiger partial charge in [0.1, 0.15) is 0 Å². The number of terminal acetylenes is 1. The van der Waals surface area contributed by atoms with E-state index in [9.17, 15) is 0 Å². The molecule has 1 rings (SSSR count). The van der Waals surface area contributed by atoms with Gasteiger partial charge in [0.25, 0.3) is 0 Å². The summed E-state index contributed by atoms with van der Waals surface area (Å²) in [7, 11) is 0. The zero-order chi connectivity index (χ0) is 11.1. The number of nitrogens with two attached hydrogens (primary N) is 1. The quantitative estimate of drug-likeness (QED) is 0.698. The lowest BCUT2D eigenvalue weighted by molar-refractivity contribution is 0.276. The molecule has 0 radical (unpaired) electrons. The van der Waals surface area contributed by atoms with Crippen LogP contribution in [0.5, 0.6) is 12.0 Å². The minimum absolute atomic E-state index is 0.0446. The molecule has 0 spiro atoms. The lowest BCUT2D eigenvalue weighted by Gasteiger charge is -2.04. The summed E-state index contributed by atoms with van der Waals surface area (Å²) in [5, 5.41) is 0. The smallest absolute Gasteiger partial charge is 0.325 e. The third-order valence-electron chi connectivity index (χ3n) is 1.33. The number of nitrogen functional groups attached to an aromatic ring is 1. The van der Waals surface area contributed by atoms with Crippen molar-refractivity contribution >= 4 is 5.95 Å². The normalized spacial score (nSPS) is 9.33. The zero-order valence-corrected chi connectivity index (χ0v) is 8.43. The molecule has 6 nitrogen and oxygen atoms in total. The Hall–Kier alpha value is -2.03. The summed E-state index contributed by atoms with van der Waals surface area (Å²) in [6.07, 6.45) is 5.88. The molecule has 0 aliphatic heterocycles. The Morgan fingerprint density at radius 3 is 2.53 bits per heavy atom. The molecule has 0 fully saturated rings. The van der Waals surface area contributed by atoms with Crippen molar-refractivity contribution in [1.82, 2.24) is 15.0 Å². The molecular weight excluding hydrogens is 196 g/mol. The number of ether oxygens (including phenoxy) is 2. The molecule has 0 saturated carbocycles. The van der Waals surface area contributed by atoms with Crippen LogP contribution in [0.2, 0.25) is 0 Å². The highest BCUT2D eigenvalue weighted by atomic mass is 16.5. The molecule has 0 aliphatic carbocycles. The molecule has 0 amide bonds. The summed E-state index contributed by atoms with van der Waals surface area (Å²) >= 11 is 0. The largest absolute Gasteiger partial charge is 0.463 e. The number of rotatable bonds is 5. The van der Waals surface area contributed by atoms with Crippen LogP contribution in [0.4, 0.5) is 5.95 Å². The number of hydrogen-bond donors (Lipinski definition) is 1. The minimum Gasteiger partial charge on any atom is -0.463 e. The molecule has 2 N–H and O–H groups in total. The van der Waals surface area contributed by atoms with E-state index >= 15 is 0 Å². The van der Waals surface area contributed by atoms with Crippen LogP contribution in [-0.2, 0) is 0 Å². The first-order chi connectivity index (χ1) is 7.26. The minimum atomic E-state index is 0.0446. The molecule has 80 valence electrons. The number of anilines is 1. The van der Waals surface area contributed by atoms with Crippen LogP contribution in [0.15, 0.2) is 0 Å². The molecule has 0 atom stereocenters. The Morgan fingerprint density at radius 2 is 1.93 bits per heavy atom. The summed E-state index contributed by atoms with van der Waals surface area (Å²) < 4.78 is 10.2. The predicted molar refractivity (Wildman–Crippen MR) is 54.4 cm³/mol. The Morgan fingerprint density at radius 1 is 1.27 bits per heavy atom. The van der Waals surface area contributed by atoms with Crippen molar-refractivity contribution in [2.75, 3.05) is 18.9 Å². The average Bonchev–Trinajstić information content (AvgIpc) is 2.23. The fraction of sp³-hybridized carbons (Fsp3) is 0.444. The van der Waals surface area contributed by atoms with E-state index < -0.39 is 0 Å². The fourth-order valence-corrected chi connectivity index (χ4v) is 0.781. The second-order valence-corrected chi connectivity index (χ2v) is 2.60. The van der Waals surface area contributed by atoms with Crippen molar-refractivity contribution < 1.29 is 9.47 Å². The molecule has 6 heteroatoms. The Labute approximate surface area is 87.8 Å². The predicted octanol–water partition coefficient (Wildman–Crippen LogP) is 0.255. The average molecular weight is 208 g/mol. The van der Waals surface area contributed by atoms with E-state index in [0.717, 1.165) is 6.42 Å². The lowest BCUT2D eigenvalue weighted by atomic mass is 10.5. The van der Waals surface area contributed by atoms with E-state index in [4.69, 9.17) is 21.6 Å². The van der Waals surface area contributed by atoms with Crippen molar-refractivity contribution in [2.24, 2.45) is 0 Å². The maximum atomic E-state index is 5.43. The summed E-state index contributed by atoms with van der Waals surface area (Å²) in [4.78, 5) is 11.4. The maximum Gasteiger partial charge on any atom is 0.325 e. The third kappa shape index (κ3) is 3.68. The van der Waals surface area contributed by atoms with Crippen LogP contribution >= 0.6 is 0 Å². The van der Waals surface area contributed by atoms with Crippen LogP contribution in [0, 0.1) is 12.3 Å². The van der Waals surface area contributed by atoms with E-state index in [1.807, 2.05) is 6.92 Å². The van der Waals surface area contributed by atoms with Gasteiger partial charge in [-0.15, -0.1) is 11.4 Å². The molecular formula is C9H12N4O2. The van der Waals surface area contributed by atoms with Gasteiger partial charge in [-0.2, -0.15) is 9.97 Å². The van der Waals surface area contributed by atoms with Crippen LogP contribution < -0.4 is 15.2 Å². The summed E-state index contributed by atoms with van der Waals surface area (Å²) in [6, 6.07) is 0.225. The van der Waals surface area contributed by atoms with E-state index in [2.05, 4.69) is 20.9 Å². The highest BCUT2D eigenvalue weighted by molar-refractivity contribution is 5.20. The van der Waals surface area contributed by atoms with E-state index in [-0.39, 0.29) is 24.6 Å². The molecule has 1 heterocycles. The monoisotopic (exact) mass is 208 g/mol. The molecule has 0 bridgehead atoms. The van der Waals surface area contributed by atoms with Crippen molar-refractivity contribution in [3.63, 3.8) is 0 Å². The van der Waals surface area contributed by atoms with Crippen molar-refractivity contribution in [3.8, 4) is 24.4 Å². The zero-order valence-electron chi connectivity index (χ0n) is 8.43. The first-order valence-corrected chi connectivity index (χ1v) is 4.47. The molecule has 0 unspecified atom stereocenters. The third-order valence-corrected chi connectivity index (χ3v) is 1.33. The van der Waals surface area contributed by atoms with Crippen molar-refractivity contribution in [1.29, 1.82) is 0 Å². The van der Waals surface area contributed by atoms with Gasteiger partial charge in [0, 0.05) is 0 Å². The van der Waals surface area contributed by atoms with Gasteiger partial charge in [-0.05, 0) is 6.42 Å². The number of nitrogens with zero attached hydrogens (tertiary/aromatic N) is 3. The SMILES string of the molecule is C#CCOc1nc(N)nc(OCCC)n1. The van der Waals surface area contributed by atoms with Crippen LogP contribution in [0.1, 0.15) is 13.3 Å². The molecule has 15 heavy (non-hydrogen) atoms. The maximum absolute atomic E-state index is 5.43. The van der Waals surface area contributed by atoms with Gasteiger partial charge in [0.15, 0.2) is 6.61 Å². The van der Waals surface area contributed by atoms with Crippen LogP contribution in [-0.4, -0.2) is 28.2 Å². The first-order valence-electron chi connectivity index (χ1n) is 4.47. The Kier molecular flexibility index (Phi) is 4.16. The molecule has 1 aromatic rings. The van der Waals surface area contributed by atoms with Crippen LogP contribution in [0.25, 0.3) is 0 Å². The second kappa shape index (κ2) is 5.65. The van der Waals surface area contributed by atoms with Gasteiger partial charge in [-0.1, -0.05) is 12.8 Å². The Bertz CT molecular complexity index is 362. The summed E-state index contributed by atoms with van der Waals surface area (Å²) in [6.45, 7) is 2.56. The van der Waals surface area contributed by atoms with Crippen LogP contribution in [0.3, 0.4) is 0 Å². The van der Waals surface area contributed by atoms with Gasteiger partial charge in [0.2, 0.25) is 5.95 Å². The van der Waals surface area contributed by atoms with Crippen molar-refractivity contribution in [2.45, 2.75) is 13.3 Å². The lowest BCUT2D eigenvalue weighted by Crippen LogP contribution is -2.07. The fourth-order valence-electron chi connectivity index (χ4n) is 0.781. The van der Waals surface area contributed by atoms with Gasteiger partial charge in [-0.25, -0.2) is 0 Å². The summed E-state index contributed by atoms with van der Waals surface area (Å²) in [5.41, 5.74) is 5.43. The topological polar surface area (TPSA) is 83.2 Å².